The normalized spacial score (nSPS) is 24.0. The van der Waals surface area contributed by atoms with Crippen LogP contribution in [0.4, 0.5) is 0 Å². The van der Waals surface area contributed by atoms with E-state index < -0.39 is 0 Å². The zero-order valence-electron chi connectivity index (χ0n) is 13.4. The third kappa shape index (κ3) is 3.83. The van der Waals surface area contributed by atoms with Crippen molar-refractivity contribution in [2.45, 2.75) is 59.1 Å². The summed E-state index contributed by atoms with van der Waals surface area (Å²) in [5, 5.41) is 3.71. The molecule has 3 unspecified atom stereocenters. The SMILES string of the molecule is CCCNC(Cc1cc(C)ccc1C)C1OCCC1C. The molecule has 0 bridgehead atoms. The Bertz CT molecular complexity index is 429. The van der Waals surface area contributed by atoms with Crippen molar-refractivity contribution >= 4 is 0 Å². The van der Waals surface area contributed by atoms with Gasteiger partial charge >= 0.3 is 0 Å². The summed E-state index contributed by atoms with van der Waals surface area (Å²) in [7, 11) is 0. The largest absolute Gasteiger partial charge is 0.376 e. The van der Waals surface area contributed by atoms with Crippen LogP contribution in [0.3, 0.4) is 0 Å². The van der Waals surface area contributed by atoms with Gasteiger partial charge in [0, 0.05) is 12.6 Å². The molecule has 2 rings (SSSR count). The number of aryl methyl sites for hydroxylation is 2. The first-order valence-electron chi connectivity index (χ1n) is 8.03. The predicted octanol–water partition coefficient (Wildman–Crippen LogP) is 3.64. The molecule has 0 saturated carbocycles. The predicted molar refractivity (Wildman–Crippen MR) is 85.2 cm³/mol. The zero-order chi connectivity index (χ0) is 14.5. The second-order valence-electron chi connectivity index (χ2n) is 6.30. The third-order valence-corrected chi connectivity index (χ3v) is 4.44. The third-order valence-electron chi connectivity index (χ3n) is 4.44. The van der Waals surface area contributed by atoms with E-state index in [1.165, 1.54) is 29.5 Å². The molecule has 112 valence electrons. The Hall–Kier alpha value is -0.860. The second-order valence-corrected chi connectivity index (χ2v) is 6.30. The summed E-state index contributed by atoms with van der Waals surface area (Å²) in [6.07, 6.45) is 3.80. The Kier molecular flexibility index (Phi) is 5.62. The number of hydrogen-bond donors (Lipinski definition) is 1. The minimum atomic E-state index is 0.362. The van der Waals surface area contributed by atoms with Gasteiger partial charge in [0.1, 0.15) is 0 Å². The maximum absolute atomic E-state index is 6.00. The summed E-state index contributed by atoms with van der Waals surface area (Å²) in [6, 6.07) is 7.20. The molecule has 3 atom stereocenters. The van der Waals surface area contributed by atoms with Crippen LogP contribution in [0.2, 0.25) is 0 Å². The summed E-state index contributed by atoms with van der Waals surface area (Å²) in [4.78, 5) is 0. The van der Waals surface area contributed by atoms with Gasteiger partial charge in [-0.1, -0.05) is 37.6 Å². The van der Waals surface area contributed by atoms with E-state index in [9.17, 15) is 0 Å². The lowest BCUT2D eigenvalue weighted by molar-refractivity contribution is 0.0610. The highest BCUT2D eigenvalue weighted by atomic mass is 16.5. The minimum absolute atomic E-state index is 0.362. The highest BCUT2D eigenvalue weighted by Gasteiger charge is 2.31. The Balaban J connectivity index is 2.12. The summed E-state index contributed by atoms with van der Waals surface area (Å²) in [5.41, 5.74) is 4.20. The van der Waals surface area contributed by atoms with Crippen LogP contribution in [0.25, 0.3) is 0 Å². The first kappa shape index (κ1) is 15.5. The van der Waals surface area contributed by atoms with E-state index >= 15 is 0 Å². The van der Waals surface area contributed by atoms with E-state index in [0.717, 1.165) is 19.6 Å². The van der Waals surface area contributed by atoms with Crippen molar-refractivity contribution in [3.63, 3.8) is 0 Å². The van der Waals surface area contributed by atoms with Crippen LogP contribution in [-0.4, -0.2) is 25.3 Å². The molecule has 0 amide bonds. The zero-order valence-corrected chi connectivity index (χ0v) is 13.4. The van der Waals surface area contributed by atoms with Crippen LogP contribution in [0, 0.1) is 19.8 Å². The Morgan fingerprint density at radius 3 is 2.80 bits per heavy atom. The molecule has 20 heavy (non-hydrogen) atoms. The molecule has 1 aromatic carbocycles. The summed E-state index contributed by atoms with van der Waals surface area (Å²) < 4.78 is 6.00. The number of benzene rings is 1. The molecule has 1 aromatic rings. The number of ether oxygens (including phenoxy) is 1. The highest BCUT2D eigenvalue weighted by molar-refractivity contribution is 5.31. The van der Waals surface area contributed by atoms with Crippen molar-refractivity contribution in [1.82, 2.24) is 5.32 Å². The average Bonchev–Trinajstić information content (AvgIpc) is 2.84. The van der Waals surface area contributed by atoms with Gasteiger partial charge in [-0.05, 0) is 56.7 Å². The van der Waals surface area contributed by atoms with Crippen LogP contribution < -0.4 is 5.32 Å². The van der Waals surface area contributed by atoms with Crippen LogP contribution >= 0.6 is 0 Å². The Morgan fingerprint density at radius 2 is 2.15 bits per heavy atom. The van der Waals surface area contributed by atoms with Gasteiger partial charge in [0.2, 0.25) is 0 Å². The molecule has 0 radical (unpaired) electrons. The molecule has 2 heteroatoms. The molecule has 1 saturated heterocycles. The average molecular weight is 275 g/mol. The monoisotopic (exact) mass is 275 g/mol. The topological polar surface area (TPSA) is 21.3 Å². The van der Waals surface area contributed by atoms with E-state index in [0.29, 0.717) is 18.1 Å². The van der Waals surface area contributed by atoms with Crippen molar-refractivity contribution in [2.75, 3.05) is 13.2 Å². The van der Waals surface area contributed by atoms with Gasteiger partial charge in [0.25, 0.3) is 0 Å². The lowest BCUT2D eigenvalue weighted by Gasteiger charge is -2.28. The molecule has 2 nitrogen and oxygen atoms in total. The molecular formula is C18H29NO. The van der Waals surface area contributed by atoms with Crippen molar-refractivity contribution in [1.29, 1.82) is 0 Å². The maximum atomic E-state index is 6.00. The van der Waals surface area contributed by atoms with E-state index in [4.69, 9.17) is 4.74 Å². The highest BCUT2D eigenvalue weighted by Crippen LogP contribution is 2.25. The number of nitrogens with one attached hydrogen (secondary N) is 1. The van der Waals surface area contributed by atoms with Crippen LogP contribution in [-0.2, 0) is 11.2 Å². The first-order valence-corrected chi connectivity index (χ1v) is 8.03. The van der Waals surface area contributed by atoms with E-state index in [1.807, 2.05) is 0 Å². The lowest BCUT2D eigenvalue weighted by atomic mass is 9.91. The van der Waals surface area contributed by atoms with Crippen molar-refractivity contribution in [3.05, 3.63) is 34.9 Å². The Labute approximate surface area is 123 Å². The number of rotatable bonds is 6. The van der Waals surface area contributed by atoms with E-state index in [2.05, 4.69) is 51.2 Å². The van der Waals surface area contributed by atoms with Crippen LogP contribution in [0.1, 0.15) is 43.4 Å². The number of hydrogen-bond acceptors (Lipinski definition) is 2. The molecule has 1 fully saturated rings. The maximum Gasteiger partial charge on any atom is 0.0757 e. The van der Waals surface area contributed by atoms with Gasteiger partial charge in [-0.15, -0.1) is 0 Å². The van der Waals surface area contributed by atoms with Gasteiger partial charge < -0.3 is 10.1 Å². The Morgan fingerprint density at radius 1 is 1.35 bits per heavy atom. The fraction of sp³-hybridized carbons (Fsp3) is 0.667. The first-order chi connectivity index (χ1) is 9.61. The molecular weight excluding hydrogens is 246 g/mol. The van der Waals surface area contributed by atoms with Gasteiger partial charge in [-0.2, -0.15) is 0 Å². The summed E-state index contributed by atoms with van der Waals surface area (Å²) in [6.45, 7) is 10.9. The molecule has 0 spiro atoms. The quantitative estimate of drug-likeness (QED) is 0.856. The van der Waals surface area contributed by atoms with Crippen molar-refractivity contribution in [2.24, 2.45) is 5.92 Å². The molecule has 1 aliphatic heterocycles. The smallest absolute Gasteiger partial charge is 0.0757 e. The van der Waals surface area contributed by atoms with E-state index in [1.54, 1.807) is 0 Å². The fourth-order valence-electron chi connectivity index (χ4n) is 3.12. The van der Waals surface area contributed by atoms with E-state index in [-0.39, 0.29) is 0 Å². The van der Waals surface area contributed by atoms with Crippen LogP contribution in [0.5, 0.6) is 0 Å². The van der Waals surface area contributed by atoms with Gasteiger partial charge in [0.05, 0.1) is 6.10 Å². The van der Waals surface area contributed by atoms with Crippen molar-refractivity contribution < 1.29 is 4.74 Å². The molecule has 0 aromatic heterocycles. The molecule has 1 aliphatic rings. The second kappa shape index (κ2) is 7.24. The molecule has 1 heterocycles. The van der Waals surface area contributed by atoms with Gasteiger partial charge in [-0.3, -0.25) is 0 Å². The fourth-order valence-corrected chi connectivity index (χ4v) is 3.12. The van der Waals surface area contributed by atoms with Gasteiger partial charge in [-0.25, -0.2) is 0 Å². The van der Waals surface area contributed by atoms with Crippen LogP contribution in [0.15, 0.2) is 18.2 Å². The lowest BCUT2D eigenvalue weighted by Crippen LogP contribution is -2.44. The summed E-state index contributed by atoms with van der Waals surface area (Å²) in [5.74, 6) is 0.662. The summed E-state index contributed by atoms with van der Waals surface area (Å²) >= 11 is 0. The minimum Gasteiger partial charge on any atom is -0.376 e. The molecule has 0 aliphatic carbocycles. The van der Waals surface area contributed by atoms with Gasteiger partial charge in [0.15, 0.2) is 0 Å². The molecule has 1 N–H and O–H groups in total. The van der Waals surface area contributed by atoms with Crippen molar-refractivity contribution in [3.8, 4) is 0 Å². The standard InChI is InChI=1S/C18H29NO/c1-5-9-19-17(18-15(4)8-10-20-18)12-16-11-13(2)6-7-14(16)3/h6-7,11,15,17-19H,5,8-10,12H2,1-4H3.